The van der Waals surface area contributed by atoms with Crippen molar-refractivity contribution in [2.24, 2.45) is 0 Å². The van der Waals surface area contributed by atoms with E-state index in [4.69, 9.17) is 5.73 Å². The third-order valence-corrected chi connectivity index (χ3v) is 3.77. The molecule has 2 N–H and O–H groups in total. The van der Waals surface area contributed by atoms with Crippen LogP contribution in [0.15, 0.2) is 67.0 Å². The molecule has 0 bridgehead atoms. The molecule has 0 fully saturated rings. The second-order valence-electron chi connectivity index (χ2n) is 5.39. The Bertz CT molecular complexity index is 1030. The van der Waals surface area contributed by atoms with Crippen LogP contribution in [0.3, 0.4) is 0 Å². The molecule has 0 aliphatic rings. The zero-order valence-corrected chi connectivity index (χ0v) is 12.6. The van der Waals surface area contributed by atoms with E-state index in [2.05, 4.69) is 15.0 Å². The Morgan fingerprint density at radius 2 is 1.67 bits per heavy atom. The van der Waals surface area contributed by atoms with Crippen molar-refractivity contribution in [1.82, 2.24) is 15.0 Å². The normalized spacial score (nSPS) is 10.9. The van der Waals surface area contributed by atoms with E-state index in [1.54, 1.807) is 12.3 Å². The lowest BCUT2D eigenvalue weighted by Gasteiger charge is -2.10. The highest BCUT2D eigenvalue weighted by Crippen LogP contribution is 2.31. The molecule has 24 heavy (non-hydrogen) atoms. The number of hydrogen-bond donors (Lipinski definition) is 1. The molecule has 4 nitrogen and oxygen atoms in total. The highest BCUT2D eigenvalue weighted by atomic mass is 19.1. The minimum atomic E-state index is -0.388. The quantitative estimate of drug-likeness (QED) is 0.605. The van der Waals surface area contributed by atoms with E-state index in [0.29, 0.717) is 33.7 Å². The van der Waals surface area contributed by atoms with Crippen LogP contribution in [0.25, 0.3) is 33.4 Å². The number of nitrogens with two attached hydrogens (primary N) is 1. The Kier molecular flexibility index (Phi) is 3.39. The van der Waals surface area contributed by atoms with Gasteiger partial charge in [-0.05, 0) is 18.2 Å². The van der Waals surface area contributed by atoms with Gasteiger partial charge in [-0.25, -0.2) is 9.37 Å². The average Bonchev–Trinajstić information content (AvgIpc) is 2.62. The molecule has 0 unspecified atom stereocenters. The summed E-state index contributed by atoms with van der Waals surface area (Å²) in [5.41, 5.74) is 8.86. The first-order valence-corrected chi connectivity index (χ1v) is 7.45. The van der Waals surface area contributed by atoms with E-state index in [1.807, 2.05) is 42.5 Å². The van der Waals surface area contributed by atoms with E-state index < -0.39 is 0 Å². The molecule has 4 rings (SSSR count). The van der Waals surface area contributed by atoms with E-state index in [1.165, 1.54) is 12.3 Å². The van der Waals surface area contributed by atoms with Crippen molar-refractivity contribution in [1.29, 1.82) is 0 Å². The van der Waals surface area contributed by atoms with E-state index in [-0.39, 0.29) is 5.82 Å². The summed E-state index contributed by atoms with van der Waals surface area (Å²) in [5, 5.41) is 0.713. The number of pyridine rings is 1. The molecule has 5 heteroatoms. The van der Waals surface area contributed by atoms with Crippen LogP contribution < -0.4 is 5.73 Å². The molecule has 0 amide bonds. The second-order valence-corrected chi connectivity index (χ2v) is 5.39. The molecular formula is C19H13FN4. The monoisotopic (exact) mass is 316 g/mol. The Labute approximate surface area is 137 Å². The fourth-order valence-corrected chi connectivity index (χ4v) is 2.70. The number of nitrogens with zero attached hydrogens (tertiary/aromatic N) is 3. The Hall–Kier alpha value is -3.34. The van der Waals surface area contributed by atoms with Gasteiger partial charge in [-0.15, -0.1) is 0 Å². The van der Waals surface area contributed by atoms with Crippen molar-refractivity contribution in [3.8, 4) is 22.5 Å². The number of rotatable bonds is 2. The Morgan fingerprint density at radius 1 is 0.833 bits per heavy atom. The lowest BCUT2D eigenvalue weighted by Crippen LogP contribution is -1.99. The molecule has 0 radical (unpaired) electrons. The maximum atomic E-state index is 14.4. The topological polar surface area (TPSA) is 64.7 Å². The largest absolute Gasteiger partial charge is 0.382 e. The maximum Gasteiger partial charge on any atom is 0.150 e. The highest BCUT2D eigenvalue weighted by molar-refractivity contribution is 5.87. The summed E-state index contributed by atoms with van der Waals surface area (Å²) >= 11 is 0. The fraction of sp³-hybridized carbons (Fsp3) is 0. The maximum absolute atomic E-state index is 14.4. The number of hydrogen-bond acceptors (Lipinski definition) is 4. The highest BCUT2D eigenvalue weighted by Gasteiger charge is 2.14. The molecule has 0 spiro atoms. The Balaban J connectivity index is 1.97. The first-order chi connectivity index (χ1) is 11.7. The van der Waals surface area contributed by atoms with Crippen molar-refractivity contribution < 1.29 is 4.39 Å². The predicted octanol–water partition coefficient (Wildman–Crippen LogP) is 4.08. The molecule has 0 saturated heterocycles. The van der Waals surface area contributed by atoms with E-state index >= 15 is 0 Å². The summed E-state index contributed by atoms with van der Waals surface area (Å²) < 4.78 is 14.4. The van der Waals surface area contributed by atoms with Crippen molar-refractivity contribution in [3.63, 3.8) is 0 Å². The number of benzene rings is 2. The third-order valence-electron chi connectivity index (χ3n) is 3.77. The predicted molar refractivity (Wildman–Crippen MR) is 92.6 cm³/mol. The van der Waals surface area contributed by atoms with Gasteiger partial charge in [-0.2, -0.15) is 0 Å². The Morgan fingerprint density at radius 3 is 2.50 bits per heavy atom. The van der Waals surface area contributed by atoms with Crippen molar-refractivity contribution in [3.05, 3.63) is 72.8 Å². The van der Waals surface area contributed by atoms with E-state index in [9.17, 15) is 4.39 Å². The van der Waals surface area contributed by atoms with Crippen molar-refractivity contribution in [2.75, 3.05) is 5.73 Å². The average molecular weight is 316 g/mol. The van der Waals surface area contributed by atoms with Crippen LogP contribution in [-0.4, -0.2) is 15.0 Å². The number of anilines is 1. The smallest absolute Gasteiger partial charge is 0.150 e. The third kappa shape index (κ3) is 2.46. The molecule has 4 aromatic rings. The van der Waals surface area contributed by atoms with Gasteiger partial charge in [0.25, 0.3) is 0 Å². The summed E-state index contributed by atoms with van der Waals surface area (Å²) in [6.45, 7) is 0. The summed E-state index contributed by atoms with van der Waals surface area (Å²) in [6.07, 6.45) is 3.05. The van der Waals surface area contributed by atoms with Gasteiger partial charge in [0.05, 0.1) is 17.6 Å². The van der Waals surface area contributed by atoms with Crippen LogP contribution in [0.4, 0.5) is 10.2 Å². The summed E-state index contributed by atoms with van der Waals surface area (Å²) in [4.78, 5) is 12.9. The van der Waals surface area contributed by atoms with Gasteiger partial charge in [-0.1, -0.05) is 36.4 Å². The van der Waals surface area contributed by atoms with Gasteiger partial charge in [0, 0.05) is 22.7 Å². The summed E-state index contributed by atoms with van der Waals surface area (Å²) in [7, 11) is 0. The standard InChI is InChI=1S/C19H13FN4/c20-15-10-14(9-13-7-4-8-22-17(13)15)18-19(24-16(21)11-23-18)12-5-2-1-3-6-12/h1-11H,(H2,21,24). The number of aromatic nitrogens is 3. The van der Waals surface area contributed by atoms with Gasteiger partial charge in [0.1, 0.15) is 17.2 Å². The van der Waals surface area contributed by atoms with Gasteiger partial charge in [-0.3, -0.25) is 9.97 Å². The van der Waals surface area contributed by atoms with Gasteiger partial charge in [0.15, 0.2) is 0 Å². The van der Waals surface area contributed by atoms with Crippen LogP contribution in [0.5, 0.6) is 0 Å². The van der Waals surface area contributed by atoms with Crippen LogP contribution in [-0.2, 0) is 0 Å². The second kappa shape index (κ2) is 5.70. The van der Waals surface area contributed by atoms with E-state index in [0.717, 1.165) is 5.56 Å². The molecule has 0 atom stereocenters. The van der Waals surface area contributed by atoms with Gasteiger partial charge >= 0.3 is 0 Å². The molecule has 2 aromatic carbocycles. The molecule has 2 aromatic heterocycles. The van der Waals surface area contributed by atoms with Crippen LogP contribution in [0.2, 0.25) is 0 Å². The molecule has 2 heterocycles. The van der Waals surface area contributed by atoms with Crippen molar-refractivity contribution >= 4 is 16.7 Å². The molecular weight excluding hydrogens is 303 g/mol. The number of nitrogen functional groups attached to an aromatic ring is 1. The summed E-state index contributed by atoms with van der Waals surface area (Å²) in [5.74, 6) is -0.0683. The first kappa shape index (κ1) is 14.3. The lowest BCUT2D eigenvalue weighted by molar-refractivity contribution is 0.637. The molecule has 0 aliphatic heterocycles. The number of fused-ring (bicyclic) bond motifs is 1. The minimum Gasteiger partial charge on any atom is -0.382 e. The number of halogens is 1. The summed E-state index contributed by atoms with van der Waals surface area (Å²) in [6, 6.07) is 16.5. The van der Waals surface area contributed by atoms with Crippen LogP contribution in [0.1, 0.15) is 0 Å². The SMILES string of the molecule is Nc1cnc(-c2cc(F)c3ncccc3c2)c(-c2ccccc2)n1. The first-order valence-electron chi connectivity index (χ1n) is 7.45. The van der Waals surface area contributed by atoms with Gasteiger partial charge in [0.2, 0.25) is 0 Å². The lowest BCUT2D eigenvalue weighted by atomic mass is 10.0. The molecule has 0 aliphatic carbocycles. The van der Waals surface area contributed by atoms with Crippen LogP contribution >= 0.6 is 0 Å². The van der Waals surface area contributed by atoms with Crippen molar-refractivity contribution in [2.45, 2.75) is 0 Å². The molecule has 116 valence electrons. The van der Waals surface area contributed by atoms with Crippen LogP contribution in [0, 0.1) is 5.82 Å². The minimum absolute atomic E-state index is 0.320. The van der Waals surface area contributed by atoms with Gasteiger partial charge < -0.3 is 5.73 Å². The zero-order valence-electron chi connectivity index (χ0n) is 12.6. The zero-order chi connectivity index (χ0) is 16.5. The molecule has 0 saturated carbocycles. The fourth-order valence-electron chi connectivity index (χ4n) is 2.70.